The Morgan fingerprint density at radius 1 is 1.36 bits per heavy atom. The normalized spacial score (nSPS) is 11.6. The standard InChI is InChI=1S/C7H7Cl2IN4/c8-4-1-3(10)2-5(9)6(4)13-7(11)14-12/h1-2H,12H2,(H3,11,13,14). The highest BCUT2D eigenvalue weighted by atomic mass is 127. The fourth-order valence-electron chi connectivity index (χ4n) is 0.794. The number of hydrazine groups is 1. The van der Waals surface area contributed by atoms with E-state index in [-0.39, 0.29) is 5.96 Å². The number of nitrogens with one attached hydrogen (secondary N) is 1. The SMILES string of the molecule is NNC(N)=Nc1c(Cl)cc(I)cc1Cl. The second-order valence-corrected chi connectivity index (χ2v) is 4.42. The highest BCUT2D eigenvalue weighted by Crippen LogP contribution is 2.34. The van der Waals surface area contributed by atoms with E-state index >= 15 is 0 Å². The number of guanidine groups is 1. The minimum absolute atomic E-state index is 0.0509. The number of halogens is 3. The molecule has 0 bridgehead atoms. The fourth-order valence-corrected chi connectivity index (χ4v) is 2.36. The van der Waals surface area contributed by atoms with E-state index < -0.39 is 0 Å². The van der Waals surface area contributed by atoms with Crippen LogP contribution in [0.25, 0.3) is 0 Å². The van der Waals surface area contributed by atoms with E-state index in [4.69, 9.17) is 34.8 Å². The zero-order valence-corrected chi connectivity index (χ0v) is 10.6. The molecule has 14 heavy (non-hydrogen) atoms. The molecule has 0 aliphatic rings. The number of nitrogens with two attached hydrogens (primary N) is 2. The lowest BCUT2D eigenvalue weighted by atomic mass is 10.3. The van der Waals surface area contributed by atoms with Crippen molar-refractivity contribution in [2.45, 2.75) is 0 Å². The van der Waals surface area contributed by atoms with E-state index in [1.807, 2.05) is 0 Å². The predicted octanol–water partition coefficient (Wildman–Crippen LogP) is 2.01. The van der Waals surface area contributed by atoms with Crippen LogP contribution in [0.1, 0.15) is 0 Å². The van der Waals surface area contributed by atoms with Gasteiger partial charge in [0.15, 0.2) is 0 Å². The molecule has 0 atom stereocenters. The molecule has 0 aliphatic carbocycles. The monoisotopic (exact) mass is 344 g/mol. The maximum atomic E-state index is 5.92. The molecule has 0 fully saturated rings. The molecule has 4 nitrogen and oxygen atoms in total. The van der Waals surface area contributed by atoms with Crippen molar-refractivity contribution in [2.75, 3.05) is 0 Å². The summed E-state index contributed by atoms with van der Waals surface area (Å²) in [5.41, 5.74) is 7.97. The third-order valence-electron chi connectivity index (χ3n) is 1.36. The van der Waals surface area contributed by atoms with Gasteiger partial charge in [-0.1, -0.05) is 23.2 Å². The smallest absolute Gasteiger partial charge is 0.208 e. The summed E-state index contributed by atoms with van der Waals surface area (Å²) in [6.45, 7) is 0. The summed E-state index contributed by atoms with van der Waals surface area (Å²) in [4.78, 5) is 3.91. The van der Waals surface area contributed by atoms with Crippen LogP contribution in [0.3, 0.4) is 0 Å². The number of rotatable bonds is 1. The number of benzene rings is 1. The molecule has 0 spiro atoms. The van der Waals surface area contributed by atoms with Gasteiger partial charge in [0.25, 0.3) is 0 Å². The van der Waals surface area contributed by atoms with Crippen molar-refractivity contribution >= 4 is 57.4 Å². The van der Waals surface area contributed by atoms with Crippen LogP contribution in [0.4, 0.5) is 5.69 Å². The predicted molar refractivity (Wildman–Crippen MR) is 67.8 cm³/mol. The minimum Gasteiger partial charge on any atom is -0.369 e. The van der Waals surface area contributed by atoms with E-state index in [1.165, 1.54) is 0 Å². The lowest BCUT2D eigenvalue weighted by molar-refractivity contribution is 1.01. The van der Waals surface area contributed by atoms with Crippen molar-refractivity contribution in [2.24, 2.45) is 16.6 Å². The maximum Gasteiger partial charge on any atom is 0.208 e. The summed E-state index contributed by atoms with van der Waals surface area (Å²) in [5.74, 6) is 5.11. The molecule has 5 N–H and O–H groups in total. The Kier molecular flexibility index (Phi) is 4.24. The van der Waals surface area contributed by atoms with E-state index in [0.717, 1.165) is 3.57 Å². The van der Waals surface area contributed by atoms with Crippen LogP contribution < -0.4 is 17.0 Å². The zero-order valence-electron chi connectivity index (χ0n) is 6.89. The fraction of sp³-hybridized carbons (Fsp3) is 0. The van der Waals surface area contributed by atoms with Gasteiger partial charge in [-0.05, 0) is 34.7 Å². The highest BCUT2D eigenvalue weighted by molar-refractivity contribution is 14.1. The second-order valence-electron chi connectivity index (χ2n) is 2.36. The lowest BCUT2D eigenvalue weighted by Gasteiger charge is -2.04. The van der Waals surface area contributed by atoms with Gasteiger partial charge in [-0.3, -0.25) is 5.43 Å². The van der Waals surface area contributed by atoms with Gasteiger partial charge in [0.1, 0.15) is 5.69 Å². The highest BCUT2D eigenvalue weighted by Gasteiger charge is 2.06. The summed E-state index contributed by atoms with van der Waals surface area (Å²) in [6, 6.07) is 3.47. The summed E-state index contributed by atoms with van der Waals surface area (Å²) >= 11 is 13.9. The molecule has 0 saturated heterocycles. The molecule has 0 aliphatic heterocycles. The molecular formula is C7H7Cl2IN4. The van der Waals surface area contributed by atoms with Gasteiger partial charge in [0.2, 0.25) is 5.96 Å². The van der Waals surface area contributed by atoms with Crippen LogP contribution in [0.2, 0.25) is 10.0 Å². The van der Waals surface area contributed by atoms with Crippen LogP contribution in [0.15, 0.2) is 17.1 Å². The molecule has 0 amide bonds. The molecule has 0 saturated carbocycles. The Hall–Kier alpha value is -0.240. The Morgan fingerprint density at radius 2 is 1.86 bits per heavy atom. The molecule has 1 aromatic carbocycles. The Labute approximate surface area is 105 Å². The Morgan fingerprint density at radius 3 is 2.29 bits per heavy atom. The molecule has 0 radical (unpaired) electrons. The molecule has 0 unspecified atom stereocenters. The first kappa shape index (κ1) is 11.8. The van der Waals surface area contributed by atoms with Crippen molar-refractivity contribution < 1.29 is 0 Å². The van der Waals surface area contributed by atoms with Crippen LogP contribution >= 0.6 is 45.8 Å². The Bertz CT molecular complexity index is 357. The average Bonchev–Trinajstić information content (AvgIpc) is 2.10. The van der Waals surface area contributed by atoms with Gasteiger partial charge in [-0.2, -0.15) is 0 Å². The summed E-state index contributed by atoms with van der Waals surface area (Å²) in [5, 5.41) is 0.861. The third-order valence-corrected chi connectivity index (χ3v) is 2.56. The number of nitrogens with zero attached hydrogens (tertiary/aromatic N) is 1. The van der Waals surface area contributed by atoms with Crippen molar-refractivity contribution in [3.63, 3.8) is 0 Å². The molecular weight excluding hydrogens is 338 g/mol. The van der Waals surface area contributed by atoms with E-state index in [2.05, 4.69) is 33.0 Å². The lowest BCUT2D eigenvalue weighted by Crippen LogP contribution is -2.36. The van der Waals surface area contributed by atoms with E-state index in [9.17, 15) is 0 Å². The molecule has 0 heterocycles. The number of hydrogen-bond donors (Lipinski definition) is 3. The quantitative estimate of drug-likeness (QED) is 0.240. The van der Waals surface area contributed by atoms with Crippen molar-refractivity contribution in [1.82, 2.24) is 5.43 Å². The van der Waals surface area contributed by atoms with Gasteiger partial charge < -0.3 is 5.73 Å². The average molecular weight is 345 g/mol. The van der Waals surface area contributed by atoms with Gasteiger partial charge in [-0.15, -0.1) is 0 Å². The van der Waals surface area contributed by atoms with Gasteiger partial charge in [0.05, 0.1) is 10.0 Å². The van der Waals surface area contributed by atoms with Crippen LogP contribution in [-0.2, 0) is 0 Å². The second kappa shape index (κ2) is 5.01. The molecule has 76 valence electrons. The maximum absolute atomic E-state index is 5.92. The van der Waals surface area contributed by atoms with E-state index in [1.54, 1.807) is 12.1 Å². The largest absolute Gasteiger partial charge is 0.369 e. The molecule has 1 aromatic rings. The minimum atomic E-state index is 0.0509. The van der Waals surface area contributed by atoms with Gasteiger partial charge >= 0.3 is 0 Å². The summed E-state index contributed by atoms with van der Waals surface area (Å²) < 4.78 is 0.927. The zero-order chi connectivity index (χ0) is 10.7. The topological polar surface area (TPSA) is 76.4 Å². The van der Waals surface area contributed by atoms with Gasteiger partial charge in [0, 0.05) is 3.57 Å². The molecule has 0 aromatic heterocycles. The van der Waals surface area contributed by atoms with Crippen molar-refractivity contribution in [3.8, 4) is 0 Å². The molecule has 1 rings (SSSR count). The third kappa shape index (κ3) is 2.88. The van der Waals surface area contributed by atoms with Crippen molar-refractivity contribution in [1.29, 1.82) is 0 Å². The van der Waals surface area contributed by atoms with E-state index in [0.29, 0.717) is 15.7 Å². The summed E-state index contributed by atoms with van der Waals surface area (Å²) in [7, 11) is 0. The summed E-state index contributed by atoms with van der Waals surface area (Å²) in [6.07, 6.45) is 0. The van der Waals surface area contributed by atoms with Crippen LogP contribution in [-0.4, -0.2) is 5.96 Å². The Balaban J connectivity index is 3.21. The van der Waals surface area contributed by atoms with Crippen LogP contribution in [0.5, 0.6) is 0 Å². The number of hydrogen-bond acceptors (Lipinski definition) is 2. The van der Waals surface area contributed by atoms with Crippen LogP contribution in [0, 0.1) is 3.57 Å². The number of aliphatic imine (C=N–C) groups is 1. The van der Waals surface area contributed by atoms with Crippen molar-refractivity contribution in [3.05, 3.63) is 25.7 Å². The first-order chi connectivity index (χ1) is 6.54. The first-order valence-electron chi connectivity index (χ1n) is 3.50. The molecule has 7 heteroatoms. The van der Waals surface area contributed by atoms with Gasteiger partial charge in [-0.25, -0.2) is 10.8 Å². The first-order valence-corrected chi connectivity index (χ1v) is 5.33.